The highest BCUT2D eigenvalue weighted by Gasteiger charge is 2.12. The Kier molecular flexibility index (Phi) is 4.41. The highest BCUT2D eigenvalue weighted by molar-refractivity contribution is 7.99. The first kappa shape index (κ1) is 13.1. The summed E-state index contributed by atoms with van der Waals surface area (Å²) in [6.07, 6.45) is 1.93. The van der Waals surface area contributed by atoms with E-state index in [2.05, 4.69) is 41.7 Å². The molecule has 0 bridgehead atoms. The minimum absolute atomic E-state index is 0.0671. The Morgan fingerprint density at radius 1 is 1.33 bits per heavy atom. The molecule has 0 saturated heterocycles. The third kappa shape index (κ3) is 3.35. The van der Waals surface area contributed by atoms with E-state index < -0.39 is 0 Å². The van der Waals surface area contributed by atoms with E-state index in [1.165, 1.54) is 10.5 Å². The number of aromatic nitrogens is 2. The lowest BCUT2D eigenvalue weighted by Gasteiger charge is -2.13. The Bertz CT molecular complexity index is 492. The largest absolute Gasteiger partial charge is 0.275 e. The van der Waals surface area contributed by atoms with Gasteiger partial charge in [0.05, 0.1) is 11.7 Å². The number of thioether (sulfide) groups is 1. The Morgan fingerprint density at radius 2 is 2.06 bits per heavy atom. The summed E-state index contributed by atoms with van der Waals surface area (Å²) in [5.74, 6) is 6.45. The minimum atomic E-state index is 0.0671. The van der Waals surface area contributed by atoms with Gasteiger partial charge in [0.25, 0.3) is 0 Å². The van der Waals surface area contributed by atoms with Crippen LogP contribution in [0.2, 0.25) is 0 Å². The number of hydrogen-bond donors (Lipinski definition) is 2. The molecule has 0 fully saturated rings. The molecule has 1 unspecified atom stereocenters. The van der Waals surface area contributed by atoms with Crippen LogP contribution < -0.4 is 11.3 Å². The number of nitrogens with two attached hydrogens (primary N) is 1. The van der Waals surface area contributed by atoms with Crippen LogP contribution in [-0.2, 0) is 7.05 Å². The van der Waals surface area contributed by atoms with Crippen LogP contribution in [0.15, 0.2) is 41.4 Å². The maximum atomic E-state index is 5.59. The highest BCUT2D eigenvalue weighted by atomic mass is 32.2. The molecule has 0 aliphatic rings. The molecule has 0 aliphatic heterocycles. The van der Waals surface area contributed by atoms with Gasteiger partial charge in [-0.3, -0.25) is 16.0 Å². The molecule has 0 amide bonds. The molecule has 2 aromatic rings. The highest BCUT2D eigenvalue weighted by Crippen LogP contribution is 2.23. The summed E-state index contributed by atoms with van der Waals surface area (Å²) in [7, 11) is 1.91. The summed E-state index contributed by atoms with van der Waals surface area (Å²) in [4.78, 5) is 1.25. The third-order valence-corrected chi connectivity index (χ3v) is 3.84. The second kappa shape index (κ2) is 6.04. The normalized spacial score (nSPS) is 12.6. The van der Waals surface area contributed by atoms with Crippen LogP contribution >= 0.6 is 11.8 Å². The number of benzene rings is 1. The molecule has 2 rings (SSSR count). The van der Waals surface area contributed by atoms with Gasteiger partial charge in [-0.05, 0) is 25.1 Å². The van der Waals surface area contributed by atoms with E-state index in [9.17, 15) is 0 Å². The fourth-order valence-corrected chi connectivity index (χ4v) is 2.61. The molecular weight excluding hydrogens is 244 g/mol. The van der Waals surface area contributed by atoms with E-state index in [1.807, 2.05) is 19.3 Å². The Morgan fingerprint density at radius 3 is 2.61 bits per heavy atom. The topological polar surface area (TPSA) is 55.9 Å². The number of aryl methyl sites for hydroxylation is 2. The number of nitrogens with zero attached hydrogens (tertiary/aromatic N) is 2. The van der Waals surface area contributed by atoms with Gasteiger partial charge in [0.15, 0.2) is 0 Å². The van der Waals surface area contributed by atoms with Crippen LogP contribution in [-0.4, -0.2) is 15.5 Å². The fraction of sp³-hybridized carbons (Fsp3) is 0.308. The average molecular weight is 262 g/mol. The monoisotopic (exact) mass is 262 g/mol. The van der Waals surface area contributed by atoms with Gasteiger partial charge >= 0.3 is 0 Å². The third-order valence-electron chi connectivity index (χ3n) is 2.73. The molecule has 0 aliphatic carbocycles. The molecule has 0 radical (unpaired) electrons. The standard InChI is InChI=1S/C13H18N4S/c1-10-3-5-11(6-4-10)18-9-13(15-14)12-7-8-17(2)16-12/h3-8,13,15H,9,14H2,1-2H3. The van der Waals surface area contributed by atoms with E-state index in [0.717, 1.165) is 11.4 Å². The zero-order chi connectivity index (χ0) is 13.0. The summed E-state index contributed by atoms with van der Waals surface area (Å²) in [5, 5.41) is 4.37. The van der Waals surface area contributed by atoms with Gasteiger partial charge in [0, 0.05) is 23.9 Å². The molecule has 0 saturated carbocycles. The zero-order valence-electron chi connectivity index (χ0n) is 10.6. The van der Waals surface area contributed by atoms with E-state index in [4.69, 9.17) is 5.84 Å². The van der Waals surface area contributed by atoms with Crippen molar-refractivity contribution in [1.29, 1.82) is 0 Å². The molecule has 4 nitrogen and oxygen atoms in total. The second-order valence-electron chi connectivity index (χ2n) is 4.26. The fourth-order valence-electron chi connectivity index (χ4n) is 1.65. The van der Waals surface area contributed by atoms with Crippen molar-refractivity contribution in [3.8, 4) is 0 Å². The molecule has 96 valence electrons. The number of hydrogen-bond acceptors (Lipinski definition) is 4. The molecule has 1 heterocycles. The van der Waals surface area contributed by atoms with Crippen LogP contribution in [0.1, 0.15) is 17.3 Å². The average Bonchev–Trinajstić information content (AvgIpc) is 2.79. The Balaban J connectivity index is 1.97. The van der Waals surface area contributed by atoms with E-state index >= 15 is 0 Å². The first-order valence-corrected chi connectivity index (χ1v) is 6.83. The molecule has 0 spiro atoms. The zero-order valence-corrected chi connectivity index (χ0v) is 11.4. The van der Waals surface area contributed by atoms with Crippen molar-refractivity contribution in [2.24, 2.45) is 12.9 Å². The van der Waals surface area contributed by atoms with Gasteiger partial charge < -0.3 is 0 Å². The maximum Gasteiger partial charge on any atom is 0.0815 e. The molecule has 5 heteroatoms. The van der Waals surface area contributed by atoms with Crippen molar-refractivity contribution in [3.05, 3.63) is 47.8 Å². The summed E-state index contributed by atoms with van der Waals surface area (Å²) in [6.45, 7) is 2.09. The van der Waals surface area contributed by atoms with Crippen molar-refractivity contribution in [1.82, 2.24) is 15.2 Å². The van der Waals surface area contributed by atoms with Crippen LogP contribution in [0.5, 0.6) is 0 Å². The number of rotatable bonds is 5. The van der Waals surface area contributed by atoms with Crippen LogP contribution in [0.4, 0.5) is 0 Å². The Hall–Kier alpha value is -1.30. The van der Waals surface area contributed by atoms with Gasteiger partial charge in [0.1, 0.15) is 0 Å². The first-order valence-electron chi connectivity index (χ1n) is 5.84. The Labute approximate surface area is 112 Å². The molecule has 3 N–H and O–H groups in total. The van der Waals surface area contributed by atoms with Gasteiger partial charge in [-0.15, -0.1) is 11.8 Å². The van der Waals surface area contributed by atoms with Crippen molar-refractivity contribution in [2.75, 3.05) is 5.75 Å². The molecule has 1 aromatic carbocycles. The van der Waals surface area contributed by atoms with E-state index in [-0.39, 0.29) is 6.04 Å². The lowest BCUT2D eigenvalue weighted by Crippen LogP contribution is -2.30. The van der Waals surface area contributed by atoms with Gasteiger partial charge in [-0.25, -0.2) is 0 Å². The summed E-state index contributed by atoms with van der Waals surface area (Å²) < 4.78 is 1.79. The predicted molar refractivity (Wildman–Crippen MR) is 75.2 cm³/mol. The molecule has 1 atom stereocenters. The molecule has 1 aromatic heterocycles. The summed E-state index contributed by atoms with van der Waals surface area (Å²) in [6, 6.07) is 10.6. The second-order valence-corrected chi connectivity index (χ2v) is 5.35. The van der Waals surface area contributed by atoms with Crippen LogP contribution in [0.25, 0.3) is 0 Å². The summed E-state index contributed by atoms with van der Waals surface area (Å²) in [5.41, 5.74) is 5.06. The van der Waals surface area contributed by atoms with Gasteiger partial charge in [-0.1, -0.05) is 17.7 Å². The summed E-state index contributed by atoms with van der Waals surface area (Å²) >= 11 is 1.77. The smallest absolute Gasteiger partial charge is 0.0815 e. The number of hydrazine groups is 1. The van der Waals surface area contributed by atoms with Gasteiger partial charge in [0.2, 0.25) is 0 Å². The lowest BCUT2D eigenvalue weighted by atomic mass is 10.2. The predicted octanol–water partition coefficient (Wildman–Crippen LogP) is 2.03. The maximum absolute atomic E-state index is 5.59. The van der Waals surface area contributed by atoms with Crippen LogP contribution in [0.3, 0.4) is 0 Å². The first-order chi connectivity index (χ1) is 8.69. The van der Waals surface area contributed by atoms with Crippen molar-refractivity contribution >= 4 is 11.8 Å². The van der Waals surface area contributed by atoms with E-state index in [1.54, 1.807) is 16.4 Å². The number of nitrogens with one attached hydrogen (secondary N) is 1. The SMILES string of the molecule is Cc1ccc(SCC(NN)c2ccn(C)n2)cc1. The van der Waals surface area contributed by atoms with E-state index in [0.29, 0.717) is 0 Å². The minimum Gasteiger partial charge on any atom is -0.275 e. The lowest BCUT2D eigenvalue weighted by molar-refractivity contribution is 0.581. The van der Waals surface area contributed by atoms with Crippen LogP contribution in [0, 0.1) is 6.92 Å². The quantitative estimate of drug-likeness (QED) is 0.492. The van der Waals surface area contributed by atoms with Crippen molar-refractivity contribution in [2.45, 2.75) is 17.9 Å². The van der Waals surface area contributed by atoms with Gasteiger partial charge in [-0.2, -0.15) is 5.10 Å². The molecular formula is C13H18N4S. The van der Waals surface area contributed by atoms with Crippen molar-refractivity contribution < 1.29 is 0 Å². The van der Waals surface area contributed by atoms with Crippen molar-refractivity contribution in [3.63, 3.8) is 0 Å². The molecule has 18 heavy (non-hydrogen) atoms.